The summed E-state index contributed by atoms with van der Waals surface area (Å²) < 4.78 is 14.9. The van der Waals surface area contributed by atoms with Crippen molar-refractivity contribution in [3.63, 3.8) is 0 Å². The van der Waals surface area contributed by atoms with Crippen molar-refractivity contribution < 1.29 is 4.39 Å². The monoisotopic (exact) mass is 373 g/mol. The molecule has 1 unspecified atom stereocenters. The second kappa shape index (κ2) is 8.22. The molecule has 1 aromatic rings. The van der Waals surface area contributed by atoms with Crippen LogP contribution in [0.25, 0.3) is 0 Å². The van der Waals surface area contributed by atoms with Crippen LogP contribution in [0, 0.1) is 5.82 Å². The maximum absolute atomic E-state index is 14.9. The van der Waals surface area contributed by atoms with E-state index in [-0.39, 0.29) is 17.4 Å². The molecule has 2 N–H and O–H groups in total. The molecule has 2 atom stereocenters. The Balaban J connectivity index is 1.61. The van der Waals surface area contributed by atoms with Crippen LogP contribution in [0.3, 0.4) is 0 Å². The lowest BCUT2D eigenvalue weighted by Gasteiger charge is -2.41. The van der Waals surface area contributed by atoms with Gasteiger partial charge in [-0.05, 0) is 83.2 Å². The van der Waals surface area contributed by atoms with E-state index in [9.17, 15) is 4.39 Å². The van der Waals surface area contributed by atoms with Crippen LogP contribution < -0.4 is 10.6 Å². The van der Waals surface area contributed by atoms with Gasteiger partial charge in [-0.15, -0.1) is 0 Å². The number of likely N-dealkylation sites (tertiary alicyclic amines) is 1. The third kappa shape index (κ3) is 4.84. The Morgan fingerprint density at radius 1 is 1.26 bits per heavy atom. The molecule has 1 saturated heterocycles. The SMILES string of the molecule is CC[C@H]1CC(NC(C)c2ccc(C3CCN(C(C)(C)C)CC3)c(F)c2)=CN1. The van der Waals surface area contributed by atoms with Crippen molar-refractivity contribution in [1.82, 2.24) is 15.5 Å². The lowest BCUT2D eigenvalue weighted by Crippen LogP contribution is -2.45. The zero-order chi connectivity index (χ0) is 19.6. The van der Waals surface area contributed by atoms with Gasteiger partial charge in [-0.3, -0.25) is 4.90 Å². The van der Waals surface area contributed by atoms with Gasteiger partial charge in [-0.2, -0.15) is 0 Å². The Morgan fingerprint density at radius 3 is 2.52 bits per heavy atom. The fraction of sp³-hybridized carbons (Fsp3) is 0.652. The first-order chi connectivity index (χ1) is 12.8. The van der Waals surface area contributed by atoms with E-state index in [1.807, 2.05) is 6.07 Å². The van der Waals surface area contributed by atoms with Crippen LogP contribution in [-0.2, 0) is 0 Å². The number of nitrogens with one attached hydrogen (secondary N) is 2. The Labute approximate surface area is 164 Å². The summed E-state index contributed by atoms with van der Waals surface area (Å²) in [4.78, 5) is 2.51. The van der Waals surface area contributed by atoms with E-state index < -0.39 is 0 Å². The zero-order valence-electron chi connectivity index (χ0n) is 17.6. The van der Waals surface area contributed by atoms with Gasteiger partial charge in [0.15, 0.2) is 0 Å². The van der Waals surface area contributed by atoms with Gasteiger partial charge in [0, 0.05) is 35.9 Å². The zero-order valence-corrected chi connectivity index (χ0v) is 17.6. The van der Waals surface area contributed by atoms with Crippen LogP contribution >= 0.6 is 0 Å². The minimum atomic E-state index is -0.0414. The predicted octanol–water partition coefficient (Wildman–Crippen LogP) is 5.07. The molecule has 1 aromatic carbocycles. The standard InChI is InChI=1S/C23H36FN3/c1-6-19-14-20(15-25-19)26-16(2)18-7-8-21(22(24)13-18)17-9-11-27(12-10-17)23(3,4)5/h7-8,13,15-17,19,25-26H,6,9-12,14H2,1-5H3/t16?,19-/m0/s1. The summed E-state index contributed by atoms with van der Waals surface area (Å²) in [6.07, 6.45) is 6.29. The molecule has 27 heavy (non-hydrogen) atoms. The molecule has 2 heterocycles. The number of nitrogens with zero attached hydrogens (tertiary/aromatic N) is 1. The highest BCUT2D eigenvalue weighted by Gasteiger charge is 2.29. The van der Waals surface area contributed by atoms with Crippen molar-refractivity contribution in [2.75, 3.05) is 13.1 Å². The molecule has 0 aromatic heterocycles. The van der Waals surface area contributed by atoms with Crippen molar-refractivity contribution in [2.45, 2.75) is 83.8 Å². The summed E-state index contributed by atoms with van der Waals surface area (Å²) in [7, 11) is 0. The summed E-state index contributed by atoms with van der Waals surface area (Å²) in [5.74, 6) is 0.299. The largest absolute Gasteiger partial charge is 0.386 e. The Kier molecular flexibility index (Phi) is 6.15. The first-order valence-electron chi connectivity index (χ1n) is 10.5. The molecule has 0 radical (unpaired) electrons. The highest BCUT2D eigenvalue weighted by Crippen LogP contribution is 2.33. The second-order valence-corrected chi connectivity index (χ2v) is 9.22. The maximum atomic E-state index is 14.9. The summed E-state index contributed by atoms with van der Waals surface area (Å²) in [5.41, 5.74) is 3.33. The van der Waals surface area contributed by atoms with E-state index >= 15 is 0 Å². The lowest BCUT2D eigenvalue weighted by molar-refractivity contribution is 0.102. The Hall–Kier alpha value is -1.55. The normalized spacial score (nSPS) is 23.0. The lowest BCUT2D eigenvalue weighted by atomic mass is 9.86. The highest BCUT2D eigenvalue weighted by atomic mass is 19.1. The number of hydrogen-bond acceptors (Lipinski definition) is 3. The number of benzene rings is 1. The first-order valence-corrected chi connectivity index (χ1v) is 10.5. The van der Waals surface area contributed by atoms with Crippen LogP contribution in [0.5, 0.6) is 0 Å². The Morgan fingerprint density at radius 2 is 1.96 bits per heavy atom. The topological polar surface area (TPSA) is 27.3 Å². The maximum Gasteiger partial charge on any atom is 0.127 e. The van der Waals surface area contributed by atoms with E-state index in [2.05, 4.69) is 62.4 Å². The van der Waals surface area contributed by atoms with Crippen LogP contribution in [0.4, 0.5) is 4.39 Å². The van der Waals surface area contributed by atoms with Gasteiger partial charge in [0.2, 0.25) is 0 Å². The molecule has 4 heteroatoms. The molecular formula is C23H36FN3. The van der Waals surface area contributed by atoms with Gasteiger partial charge in [0.05, 0.1) is 0 Å². The summed E-state index contributed by atoms with van der Waals surface area (Å²) in [6.45, 7) is 13.2. The molecule has 0 bridgehead atoms. The number of halogens is 1. The molecule has 3 nitrogen and oxygen atoms in total. The van der Waals surface area contributed by atoms with Gasteiger partial charge in [-0.25, -0.2) is 4.39 Å². The summed E-state index contributed by atoms with van der Waals surface area (Å²) >= 11 is 0. The van der Waals surface area contributed by atoms with Crippen molar-refractivity contribution in [3.8, 4) is 0 Å². The second-order valence-electron chi connectivity index (χ2n) is 9.22. The van der Waals surface area contributed by atoms with E-state index in [0.717, 1.165) is 49.9 Å². The van der Waals surface area contributed by atoms with Crippen LogP contribution in [0.2, 0.25) is 0 Å². The molecule has 1 fully saturated rings. The molecule has 0 aliphatic carbocycles. The first kappa shape index (κ1) is 20.2. The molecule has 0 saturated carbocycles. The average molecular weight is 374 g/mol. The molecule has 3 rings (SSSR count). The summed E-state index contributed by atoms with van der Waals surface area (Å²) in [5, 5.41) is 6.92. The highest BCUT2D eigenvalue weighted by molar-refractivity contribution is 5.30. The molecule has 150 valence electrons. The minimum absolute atomic E-state index is 0.0414. The average Bonchev–Trinajstić information content (AvgIpc) is 3.08. The van der Waals surface area contributed by atoms with Crippen molar-refractivity contribution in [1.29, 1.82) is 0 Å². The van der Waals surface area contributed by atoms with Crippen LogP contribution in [0.1, 0.15) is 83.4 Å². The molecule has 0 spiro atoms. The van der Waals surface area contributed by atoms with Crippen molar-refractivity contribution in [3.05, 3.63) is 47.0 Å². The van der Waals surface area contributed by atoms with Crippen LogP contribution in [-0.4, -0.2) is 29.6 Å². The fourth-order valence-corrected chi connectivity index (χ4v) is 4.33. The molecule has 2 aliphatic rings. The third-order valence-electron chi connectivity index (χ3n) is 6.26. The van der Waals surface area contributed by atoms with E-state index in [1.54, 1.807) is 6.07 Å². The quantitative estimate of drug-likeness (QED) is 0.755. The third-order valence-corrected chi connectivity index (χ3v) is 6.26. The van der Waals surface area contributed by atoms with Gasteiger partial charge in [0.25, 0.3) is 0 Å². The number of piperidine rings is 1. The molecule has 2 aliphatic heterocycles. The summed E-state index contributed by atoms with van der Waals surface area (Å²) in [6, 6.07) is 6.50. The van der Waals surface area contributed by atoms with Crippen LogP contribution in [0.15, 0.2) is 30.1 Å². The van der Waals surface area contributed by atoms with E-state index in [4.69, 9.17) is 0 Å². The van der Waals surface area contributed by atoms with Gasteiger partial charge >= 0.3 is 0 Å². The van der Waals surface area contributed by atoms with Crippen molar-refractivity contribution in [2.24, 2.45) is 0 Å². The number of hydrogen-bond donors (Lipinski definition) is 2. The van der Waals surface area contributed by atoms with Gasteiger partial charge in [-0.1, -0.05) is 19.1 Å². The predicted molar refractivity (Wildman–Crippen MR) is 111 cm³/mol. The van der Waals surface area contributed by atoms with Gasteiger partial charge < -0.3 is 10.6 Å². The number of rotatable bonds is 5. The van der Waals surface area contributed by atoms with Crippen molar-refractivity contribution >= 4 is 0 Å². The van der Waals surface area contributed by atoms with Gasteiger partial charge in [0.1, 0.15) is 5.82 Å². The molecule has 0 amide bonds. The minimum Gasteiger partial charge on any atom is -0.386 e. The van der Waals surface area contributed by atoms with E-state index in [0.29, 0.717) is 12.0 Å². The molecular weight excluding hydrogens is 337 g/mol. The fourth-order valence-electron chi connectivity index (χ4n) is 4.33. The van der Waals surface area contributed by atoms with E-state index in [1.165, 1.54) is 5.70 Å². The Bertz CT molecular complexity index is 669. The smallest absolute Gasteiger partial charge is 0.127 e.